The summed E-state index contributed by atoms with van der Waals surface area (Å²) in [7, 11) is 3.44. The molecule has 0 saturated heterocycles. The van der Waals surface area contributed by atoms with Crippen molar-refractivity contribution < 1.29 is 19.5 Å². The highest BCUT2D eigenvalue weighted by Crippen LogP contribution is 2.25. The monoisotopic (exact) mass is 339 g/mol. The summed E-state index contributed by atoms with van der Waals surface area (Å²) in [6.07, 6.45) is 0. The molecule has 0 aromatic heterocycles. The summed E-state index contributed by atoms with van der Waals surface area (Å²) in [5.74, 6) is -1.70. The molecule has 2 rings (SSSR count). The maximum Gasteiger partial charge on any atom is 0.235 e. The molecule has 0 saturated carbocycles. The Morgan fingerprint density at radius 1 is 0.880 bits per heavy atom. The summed E-state index contributed by atoms with van der Waals surface area (Å²) < 4.78 is 0. The van der Waals surface area contributed by atoms with Gasteiger partial charge in [-0.2, -0.15) is 0 Å². The molecular formula is C20H21NO4. The van der Waals surface area contributed by atoms with E-state index in [1.165, 1.54) is 32.0 Å². The second-order valence-electron chi connectivity index (χ2n) is 6.54. The van der Waals surface area contributed by atoms with Crippen molar-refractivity contribution in [2.45, 2.75) is 19.4 Å². The Balaban J connectivity index is 2.46. The van der Waals surface area contributed by atoms with E-state index in [1.807, 2.05) is 0 Å². The minimum absolute atomic E-state index is 0.214. The van der Waals surface area contributed by atoms with Gasteiger partial charge in [0.2, 0.25) is 11.6 Å². The lowest BCUT2D eigenvalue weighted by atomic mass is 9.93. The average molecular weight is 339 g/mol. The van der Waals surface area contributed by atoms with Gasteiger partial charge >= 0.3 is 0 Å². The molecule has 0 atom stereocenters. The van der Waals surface area contributed by atoms with Gasteiger partial charge in [0.05, 0.1) is 0 Å². The predicted molar refractivity (Wildman–Crippen MR) is 96.5 cm³/mol. The predicted octanol–water partition coefficient (Wildman–Crippen LogP) is 2.77. The van der Waals surface area contributed by atoms with E-state index < -0.39 is 23.0 Å². The highest BCUT2D eigenvalue weighted by molar-refractivity contribution is 6.50. The third kappa shape index (κ3) is 4.00. The van der Waals surface area contributed by atoms with Gasteiger partial charge in [-0.3, -0.25) is 14.4 Å². The van der Waals surface area contributed by atoms with Crippen molar-refractivity contribution in [1.29, 1.82) is 0 Å². The molecular weight excluding hydrogens is 318 g/mol. The average Bonchev–Trinajstić information content (AvgIpc) is 2.59. The van der Waals surface area contributed by atoms with Gasteiger partial charge in [0.25, 0.3) is 0 Å². The molecule has 0 bridgehead atoms. The fourth-order valence-corrected chi connectivity index (χ4v) is 2.43. The van der Waals surface area contributed by atoms with E-state index in [0.717, 1.165) is 0 Å². The van der Waals surface area contributed by atoms with Crippen LogP contribution in [0.2, 0.25) is 0 Å². The van der Waals surface area contributed by atoms with Crippen molar-refractivity contribution in [3.63, 3.8) is 0 Å². The van der Waals surface area contributed by atoms with Crippen LogP contribution in [-0.4, -0.2) is 42.2 Å². The van der Waals surface area contributed by atoms with Crippen LogP contribution in [-0.2, 0) is 0 Å². The summed E-state index contributed by atoms with van der Waals surface area (Å²) in [6, 6.07) is 12.8. The first-order chi connectivity index (χ1) is 11.6. The van der Waals surface area contributed by atoms with E-state index in [9.17, 15) is 19.5 Å². The van der Waals surface area contributed by atoms with Gasteiger partial charge in [-0.05, 0) is 26.0 Å². The quantitative estimate of drug-likeness (QED) is 0.647. The normalized spacial score (nSPS) is 11.1. The fourth-order valence-electron chi connectivity index (χ4n) is 2.43. The second kappa shape index (κ2) is 6.99. The number of carbonyl (C=O) groups is 3. The van der Waals surface area contributed by atoms with Crippen LogP contribution in [0.3, 0.4) is 0 Å². The molecule has 0 aliphatic rings. The van der Waals surface area contributed by atoms with Crippen molar-refractivity contribution in [1.82, 2.24) is 0 Å². The van der Waals surface area contributed by atoms with E-state index in [0.29, 0.717) is 11.3 Å². The van der Waals surface area contributed by atoms with Gasteiger partial charge in [0.15, 0.2) is 5.78 Å². The van der Waals surface area contributed by atoms with Crippen molar-refractivity contribution in [2.24, 2.45) is 0 Å². The van der Waals surface area contributed by atoms with Crippen molar-refractivity contribution in [3.05, 3.63) is 65.2 Å². The number of hydrogen-bond acceptors (Lipinski definition) is 5. The van der Waals surface area contributed by atoms with Gasteiger partial charge in [-0.1, -0.05) is 36.4 Å². The Bertz CT molecular complexity index is 817. The van der Waals surface area contributed by atoms with E-state index in [1.54, 1.807) is 49.3 Å². The molecule has 0 fully saturated rings. The first-order valence-electron chi connectivity index (χ1n) is 7.85. The Morgan fingerprint density at radius 3 is 2.00 bits per heavy atom. The van der Waals surface area contributed by atoms with E-state index in [4.69, 9.17) is 0 Å². The van der Waals surface area contributed by atoms with Crippen molar-refractivity contribution in [2.75, 3.05) is 19.0 Å². The number of rotatable bonds is 6. The Labute approximate surface area is 146 Å². The van der Waals surface area contributed by atoms with E-state index in [-0.39, 0.29) is 11.1 Å². The Hall–Kier alpha value is -2.79. The molecule has 0 aliphatic carbocycles. The Morgan fingerprint density at radius 2 is 1.48 bits per heavy atom. The van der Waals surface area contributed by atoms with Crippen LogP contribution in [0.1, 0.15) is 44.9 Å². The van der Waals surface area contributed by atoms with Gasteiger partial charge in [0, 0.05) is 36.5 Å². The number of hydrogen-bond donors (Lipinski definition) is 1. The zero-order valence-electron chi connectivity index (χ0n) is 14.7. The molecule has 0 unspecified atom stereocenters. The molecule has 2 aromatic carbocycles. The largest absolute Gasteiger partial charge is 0.382 e. The minimum Gasteiger partial charge on any atom is -0.382 e. The van der Waals surface area contributed by atoms with E-state index >= 15 is 0 Å². The first-order valence-corrected chi connectivity index (χ1v) is 7.85. The molecule has 1 N–H and O–H groups in total. The number of aliphatic hydroxyl groups is 1. The summed E-state index contributed by atoms with van der Waals surface area (Å²) in [5, 5.41) is 9.90. The van der Waals surface area contributed by atoms with Gasteiger partial charge < -0.3 is 10.0 Å². The maximum absolute atomic E-state index is 12.6. The van der Waals surface area contributed by atoms with Crippen LogP contribution < -0.4 is 4.90 Å². The summed E-state index contributed by atoms with van der Waals surface area (Å²) in [6.45, 7) is 2.81. The van der Waals surface area contributed by atoms with Gasteiger partial charge in [-0.25, -0.2) is 0 Å². The Kier molecular flexibility index (Phi) is 5.18. The fraction of sp³-hybridized carbons (Fsp3) is 0.250. The number of Topliss-reactive ketones (excluding diaryl/α,β-unsaturated/α-hetero) is 3. The van der Waals surface area contributed by atoms with Gasteiger partial charge in [0.1, 0.15) is 5.60 Å². The van der Waals surface area contributed by atoms with Crippen molar-refractivity contribution in [3.8, 4) is 0 Å². The maximum atomic E-state index is 12.6. The van der Waals surface area contributed by atoms with Crippen LogP contribution >= 0.6 is 0 Å². The zero-order valence-corrected chi connectivity index (χ0v) is 14.7. The first kappa shape index (κ1) is 18.5. The molecule has 5 nitrogen and oxygen atoms in total. The summed E-state index contributed by atoms with van der Waals surface area (Å²) in [5.41, 5.74) is -0.265. The molecule has 0 spiro atoms. The van der Waals surface area contributed by atoms with Crippen LogP contribution in [0.25, 0.3) is 0 Å². The highest BCUT2D eigenvalue weighted by atomic mass is 16.3. The molecule has 2 aromatic rings. The third-order valence-corrected chi connectivity index (χ3v) is 3.78. The topological polar surface area (TPSA) is 74.7 Å². The molecule has 0 aliphatic heterocycles. The van der Waals surface area contributed by atoms with E-state index in [2.05, 4.69) is 0 Å². The van der Waals surface area contributed by atoms with Crippen LogP contribution in [0, 0.1) is 0 Å². The summed E-state index contributed by atoms with van der Waals surface area (Å²) in [4.78, 5) is 39.0. The lowest BCUT2D eigenvalue weighted by Crippen LogP contribution is -2.31. The molecule has 0 heterocycles. The smallest absolute Gasteiger partial charge is 0.235 e. The van der Waals surface area contributed by atoms with Crippen LogP contribution in [0.15, 0.2) is 48.5 Å². The van der Waals surface area contributed by atoms with Crippen LogP contribution in [0.4, 0.5) is 5.69 Å². The number of nitrogens with zero attached hydrogens (tertiary/aromatic N) is 1. The van der Waals surface area contributed by atoms with Crippen LogP contribution in [0.5, 0.6) is 0 Å². The molecule has 0 radical (unpaired) electrons. The number of ketones is 3. The standard InChI is InChI=1S/C20H21NO4/c1-20(2,25)19(24)14-10-11-15(16(12-14)21(3)4)18(23)17(22)13-8-6-5-7-9-13/h5-12,25H,1-4H3. The third-order valence-electron chi connectivity index (χ3n) is 3.78. The SMILES string of the molecule is CN(C)c1cc(C(=O)C(C)(C)O)ccc1C(=O)C(=O)c1ccccc1. The zero-order chi connectivity index (χ0) is 18.8. The molecule has 5 heteroatoms. The molecule has 25 heavy (non-hydrogen) atoms. The molecule has 0 amide bonds. The lowest BCUT2D eigenvalue weighted by molar-refractivity contribution is 0.0488. The number of benzene rings is 2. The lowest BCUT2D eigenvalue weighted by Gasteiger charge is -2.20. The molecule has 130 valence electrons. The highest BCUT2D eigenvalue weighted by Gasteiger charge is 2.28. The van der Waals surface area contributed by atoms with Crippen molar-refractivity contribution >= 4 is 23.0 Å². The number of carbonyl (C=O) groups excluding carboxylic acids is 3. The second-order valence-corrected chi connectivity index (χ2v) is 6.54. The van der Waals surface area contributed by atoms with Gasteiger partial charge in [-0.15, -0.1) is 0 Å². The minimum atomic E-state index is -1.52. The summed E-state index contributed by atoms with van der Waals surface area (Å²) >= 11 is 0. The number of anilines is 1.